The first-order chi connectivity index (χ1) is 16.0. The maximum absolute atomic E-state index is 13.1. The Morgan fingerprint density at radius 3 is 2.85 bits per heavy atom. The number of carbonyl (C=O) groups excluding carboxylic acids is 1. The van der Waals surface area contributed by atoms with Crippen LogP contribution < -0.4 is 15.6 Å². The summed E-state index contributed by atoms with van der Waals surface area (Å²) in [5.74, 6) is 1.01. The fraction of sp³-hybridized carbons (Fsp3) is 0.182. The summed E-state index contributed by atoms with van der Waals surface area (Å²) in [7, 11) is 1.57. The second-order valence-corrected chi connectivity index (χ2v) is 10.2. The molecule has 33 heavy (non-hydrogen) atoms. The van der Waals surface area contributed by atoms with Crippen LogP contribution in [-0.4, -0.2) is 37.9 Å². The fourth-order valence-corrected chi connectivity index (χ4v) is 5.79. The second kappa shape index (κ2) is 9.00. The number of carbonyl (C=O) groups is 1. The molecule has 11 heteroatoms. The average molecular weight is 498 g/mol. The molecule has 1 amide bonds. The van der Waals surface area contributed by atoms with Crippen molar-refractivity contribution in [2.45, 2.75) is 18.6 Å². The molecule has 1 aromatic carbocycles. The van der Waals surface area contributed by atoms with Gasteiger partial charge in [-0.05, 0) is 47.5 Å². The molecule has 0 spiro atoms. The molecule has 8 nitrogen and oxygen atoms in total. The van der Waals surface area contributed by atoms with E-state index in [2.05, 4.69) is 15.5 Å². The maximum atomic E-state index is 13.1. The van der Waals surface area contributed by atoms with E-state index in [-0.39, 0.29) is 17.2 Å². The van der Waals surface area contributed by atoms with Crippen molar-refractivity contribution < 1.29 is 9.53 Å². The summed E-state index contributed by atoms with van der Waals surface area (Å²) in [6.45, 7) is 2.37. The van der Waals surface area contributed by atoms with Gasteiger partial charge < -0.3 is 10.1 Å². The molecular formula is C22H19N5O3S3. The predicted octanol–water partition coefficient (Wildman–Crippen LogP) is 4.26. The summed E-state index contributed by atoms with van der Waals surface area (Å²) in [5, 5.41) is 15.9. The molecule has 4 aromatic heterocycles. The Labute approximate surface area is 200 Å². The van der Waals surface area contributed by atoms with Gasteiger partial charge in [-0.15, -0.1) is 32.9 Å². The first-order valence-electron chi connectivity index (χ1n) is 10.00. The highest BCUT2D eigenvalue weighted by atomic mass is 32.2. The molecule has 5 rings (SSSR count). The molecular weight excluding hydrogens is 478 g/mol. The number of nitrogens with one attached hydrogen (secondary N) is 1. The second-order valence-electron chi connectivity index (χ2n) is 7.26. The minimum absolute atomic E-state index is 0.0888. The van der Waals surface area contributed by atoms with Crippen molar-refractivity contribution in [1.82, 2.24) is 19.2 Å². The van der Waals surface area contributed by atoms with E-state index in [9.17, 15) is 9.59 Å². The van der Waals surface area contributed by atoms with Crippen LogP contribution in [0.2, 0.25) is 0 Å². The van der Waals surface area contributed by atoms with Crippen molar-refractivity contribution in [1.29, 1.82) is 0 Å². The number of benzene rings is 1. The molecule has 0 aliphatic rings. The van der Waals surface area contributed by atoms with E-state index in [1.54, 1.807) is 23.0 Å². The third-order valence-electron chi connectivity index (χ3n) is 5.04. The summed E-state index contributed by atoms with van der Waals surface area (Å²) in [4.78, 5) is 26.8. The van der Waals surface area contributed by atoms with E-state index in [1.165, 1.54) is 23.1 Å². The van der Waals surface area contributed by atoms with E-state index >= 15 is 0 Å². The van der Waals surface area contributed by atoms with Gasteiger partial charge >= 0.3 is 0 Å². The van der Waals surface area contributed by atoms with E-state index in [0.29, 0.717) is 33.6 Å². The van der Waals surface area contributed by atoms with Crippen LogP contribution in [0, 0.1) is 6.92 Å². The van der Waals surface area contributed by atoms with Gasteiger partial charge in [0.2, 0.25) is 11.7 Å². The lowest BCUT2D eigenvalue weighted by Gasteiger charge is -2.11. The number of thiophene rings is 2. The highest BCUT2D eigenvalue weighted by molar-refractivity contribution is 7.99. The highest BCUT2D eigenvalue weighted by Gasteiger charge is 2.19. The normalized spacial score (nSPS) is 11.3. The van der Waals surface area contributed by atoms with E-state index in [0.717, 1.165) is 16.0 Å². The summed E-state index contributed by atoms with van der Waals surface area (Å²) in [5.41, 5.74) is 2.30. The van der Waals surface area contributed by atoms with Crippen molar-refractivity contribution in [2.75, 3.05) is 18.2 Å². The molecule has 0 aliphatic carbocycles. The van der Waals surface area contributed by atoms with E-state index < -0.39 is 0 Å². The van der Waals surface area contributed by atoms with Crippen LogP contribution in [0.25, 0.3) is 16.0 Å². The van der Waals surface area contributed by atoms with E-state index in [4.69, 9.17) is 4.74 Å². The van der Waals surface area contributed by atoms with Gasteiger partial charge in [0, 0.05) is 4.88 Å². The Morgan fingerprint density at radius 1 is 1.18 bits per heavy atom. The van der Waals surface area contributed by atoms with E-state index in [1.807, 2.05) is 58.5 Å². The fourth-order valence-electron chi connectivity index (χ4n) is 3.53. The lowest BCUT2D eigenvalue weighted by Crippen LogP contribution is -2.22. The molecule has 0 saturated carbocycles. The van der Waals surface area contributed by atoms with Gasteiger partial charge in [0.15, 0.2) is 5.16 Å². The zero-order chi connectivity index (χ0) is 22.9. The summed E-state index contributed by atoms with van der Waals surface area (Å²) >= 11 is 4.25. The van der Waals surface area contributed by atoms with Crippen LogP contribution in [-0.2, 0) is 11.3 Å². The van der Waals surface area contributed by atoms with Crippen molar-refractivity contribution in [3.8, 4) is 5.75 Å². The van der Waals surface area contributed by atoms with Gasteiger partial charge in [-0.25, -0.2) is 0 Å². The number of anilines is 1. The maximum Gasteiger partial charge on any atom is 0.273 e. The zero-order valence-electron chi connectivity index (χ0n) is 17.8. The number of aryl methyl sites for hydroxylation is 1. The lowest BCUT2D eigenvalue weighted by atomic mass is 10.2. The largest absolute Gasteiger partial charge is 0.495 e. The number of hydrogen-bond acceptors (Lipinski definition) is 8. The summed E-state index contributed by atoms with van der Waals surface area (Å²) < 4.78 is 9.46. The number of nitrogens with zero attached hydrogens (tertiary/aromatic N) is 4. The smallest absolute Gasteiger partial charge is 0.273 e. The lowest BCUT2D eigenvalue weighted by molar-refractivity contribution is -0.113. The van der Waals surface area contributed by atoms with Gasteiger partial charge in [-0.3, -0.25) is 18.6 Å². The minimum Gasteiger partial charge on any atom is -0.495 e. The number of thioether (sulfide) groups is 1. The number of amides is 1. The quantitative estimate of drug-likeness (QED) is 0.338. The topological polar surface area (TPSA) is 90.5 Å². The van der Waals surface area contributed by atoms with Gasteiger partial charge in [0.1, 0.15) is 10.4 Å². The van der Waals surface area contributed by atoms with Gasteiger partial charge in [-0.1, -0.05) is 23.9 Å². The number of rotatable bonds is 7. The number of methoxy groups -OCH3 is 1. The Bertz CT molecular complexity index is 1520. The third kappa shape index (κ3) is 4.14. The van der Waals surface area contributed by atoms with Crippen LogP contribution >= 0.6 is 34.4 Å². The minimum atomic E-state index is -0.186. The zero-order valence-corrected chi connectivity index (χ0v) is 20.2. The van der Waals surface area contributed by atoms with Crippen LogP contribution in [0.15, 0.2) is 57.1 Å². The molecule has 0 unspecified atom stereocenters. The van der Waals surface area contributed by atoms with Gasteiger partial charge in [0.05, 0.1) is 30.6 Å². The molecule has 5 aromatic rings. The summed E-state index contributed by atoms with van der Waals surface area (Å²) in [6, 6.07) is 11.4. The SMILES string of the molecule is COc1ccc(C)cc1NC(=O)CSc1nnc2n(Cc3cccs3)c(=O)c3sccc3n12. The first kappa shape index (κ1) is 21.7. The Hall–Kier alpha value is -3.15. The first-order valence-corrected chi connectivity index (χ1v) is 12.7. The molecule has 0 atom stereocenters. The molecule has 1 N–H and O–H groups in total. The molecule has 0 fully saturated rings. The number of hydrogen-bond donors (Lipinski definition) is 1. The molecule has 168 valence electrons. The molecule has 0 bridgehead atoms. The van der Waals surface area contributed by atoms with Crippen LogP contribution in [0.5, 0.6) is 5.75 Å². The average Bonchev–Trinajstić information content (AvgIpc) is 3.56. The summed E-state index contributed by atoms with van der Waals surface area (Å²) in [6.07, 6.45) is 0. The van der Waals surface area contributed by atoms with Crippen molar-refractivity contribution in [3.05, 3.63) is 68.0 Å². The highest BCUT2D eigenvalue weighted by Crippen LogP contribution is 2.27. The number of ether oxygens (including phenoxy) is 1. The third-order valence-corrected chi connectivity index (χ3v) is 7.72. The van der Waals surface area contributed by atoms with Crippen LogP contribution in [0.1, 0.15) is 10.4 Å². The van der Waals surface area contributed by atoms with Crippen LogP contribution in [0.4, 0.5) is 5.69 Å². The monoisotopic (exact) mass is 497 g/mol. The predicted molar refractivity (Wildman–Crippen MR) is 133 cm³/mol. The molecule has 0 radical (unpaired) electrons. The Balaban J connectivity index is 1.45. The van der Waals surface area contributed by atoms with Gasteiger partial charge in [-0.2, -0.15) is 0 Å². The van der Waals surface area contributed by atoms with Gasteiger partial charge in [0.25, 0.3) is 5.56 Å². The standard InChI is InChI=1S/C22H19N5O3S3/c1-13-5-6-17(30-2)15(10-13)23-18(28)12-33-22-25-24-21-26(11-14-4-3-8-31-14)20(29)19-16(27(21)22)7-9-32-19/h3-10H,11-12H2,1-2H3,(H,23,28). The Morgan fingerprint density at radius 2 is 2.06 bits per heavy atom. The molecule has 0 saturated heterocycles. The van der Waals surface area contributed by atoms with Crippen LogP contribution in [0.3, 0.4) is 0 Å². The van der Waals surface area contributed by atoms with Crippen molar-refractivity contribution in [3.63, 3.8) is 0 Å². The number of fused-ring (bicyclic) bond motifs is 3. The molecule has 4 heterocycles. The van der Waals surface area contributed by atoms with Crippen molar-refractivity contribution >= 4 is 62.0 Å². The van der Waals surface area contributed by atoms with Crippen molar-refractivity contribution in [2.24, 2.45) is 0 Å². The Kier molecular flexibility index (Phi) is 5.92. The molecule has 0 aliphatic heterocycles. The number of aromatic nitrogens is 4.